The Morgan fingerprint density at radius 2 is 1.76 bits per heavy atom. The van der Waals surface area contributed by atoms with Crippen LogP contribution in [0.2, 0.25) is 0 Å². The number of nitro benzene ring substituents is 1. The van der Waals surface area contributed by atoms with Gasteiger partial charge in [0.2, 0.25) is 0 Å². The van der Waals surface area contributed by atoms with E-state index in [1.54, 1.807) is 19.1 Å². The number of hydrogen-bond acceptors (Lipinski definition) is 5. The Morgan fingerprint density at radius 3 is 2.38 bits per heavy atom. The number of aryl methyl sites for hydroxylation is 2. The molecule has 0 spiro atoms. The number of nitrogens with zero attached hydrogens (tertiary/aromatic N) is 3. The molecule has 1 N–H and O–H groups in total. The summed E-state index contributed by atoms with van der Waals surface area (Å²) in [7, 11) is 2.12. The number of rotatable bonds is 6. The largest absolute Gasteiger partial charge is 0.350 e. The SMILES string of the molecule is Cc1ccc(C(CNC(=O)c2ccc(C)c([N+](=O)[O-])c2)N2CCN(C)CC2)cc1. The van der Waals surface area contributed by atoms with Gasteiger partial charge in [0, 0.05) is 49.9 Å². The van der Waals surface area contributed by atoms with Gasteiger partial charge in [0.05, 0.1) is 11.0 Å². The standard InChI is InChI=1S/C22H28N4O3/c1-16-4-7-18(8-5-16)21(25-12-10-24(3)11-13-25)15-23-22(27)19-9-6-17(2)20(14-19)26(28)29/h4-9,14,21H,10-13,15H2,1-3H3,(H,23,27). The topological polar surface area (TPSA) is 78.7 Å². The van der Waals surface area contributed by atoms with Crippen LogP contribution in [0.4, 0.5) is 5.69 Å². The monoisotopic (exact) mass is 396 g/mol. The maximum Gasteiger partial charge on any atom is 0.273 e. The van der Waals surface area contributed by atoms with Crippen molar-refractivity contribution in [3.8, 4) is 0 Å². The number of piperazine rings is 1. The smallest absolute Gasteiger partial charge is 0.273 e. The molecule has 1 saturated heterocycles. The summed E-state index contributed by atoms with van der Waals surface area (Å²) in [5.41, 5.74) is 3.17. The quantitative estimate of drug-likeness (QED) is 0.600. The highest BCUT2D eigenvalue weighted by Crippen LogP contribution is 2.23. The first kappa shape index (κ1) is 21.0. The number of hydrogen-bond donors (Lipinski definition) is 1. The maximum absolute atomic E-state index is 12.7. The Labute approximate surface area is 171 Å². The van der Waals surface area contributed by atoms with E-state index < -0.39 is 4.92 Å². The molecule has 7 nitrogen and oxygen atoms in total. The van der Waals surface area contributed by atoms with E-state index in [0.717, 1.165) is 31.7 Å². The van der Waals surface area contributed by atoms with Crippen LogP contribution in [0.1, 0.15) is 33.1 Å². The lowest BCUT2D eigenvalue weighted by atomic mass is 10.0. The summed E-state index contributed by atoms with van der Waals surface area (Å²) < 4.78 is 0. The van der Waals surface area contributed by atoms with Gasteiger partial charge in [0.15, 0.2) is 0 Å². The van der Waals surface area contributed by atoms with Gasteiger partial charge in [-0.15, -0.1) is 0 Å². The Morgan fingerprint density at radius 1 is 1.10 bits per heavy atom. The summed E-state index contributed by atoms with van der Waals surface area (Å²) in [6.45, 7) is 8.01. The third-order valence-corrected chi connectivity index (χ3v) is 5.56. The van der Waals surface area contributed by atoms with Crippen LogP contribution in [-0.4, -0.2) is 60.4 Å². The number of carbonyl (C=O) groups excluding carboxylic acids is 1. The Kier molecular flexibility index (Phi) is 6.61. The van der Waals surface area contributed by atoms with Gasteiger partial charge in [-0.3, -0.25) is 19.8 Å². The van der Waals surface area contributed by atoms with Gasteiger partial charge < -0.3 is 10.2 Å². The van der Waals surface area contributed by atoms with Crippen molar-refractivity contribution in [2.24, 2.45) is 0 Å². The van der Waals surface area contributed by atoms with Gasteiger partial charge in [-0.2, -0.15) is 0 Å². The van der Waals surface area contributed by atoms with E-state index in [-0.39, 0.29) is 17.6 Å². The molecule has 154 valence electrons. The molecule has 1 heterocycles. The van der Waals surface area contributed by atoms with Crippen molar-refractivity contribution in [1.29, 1.82) is 0 Å². The molecule has 0 bridgehead atoms. The molecule has 29 heavy (non-hydrogen) atoms. The van der Waals surface area contributed by atoms with Crippen LogP contribution in [0, 0.1) is 24.0 Å². The summed E-state index contributed by atoms with van der Waals surface area (Å²) in [4.78, 5) is 28.1. The summed E-state index contributed by atoms with van der Waals surface area (Å²) >= 11 is 0. The van der Waals surface area contributed by atoms with Gasteiger partial charge in [-0.25, -0.2) is 0 Å². The van der Waals surface area contributed by atoms with Crippen molar-refractivity contribution in [1.82, 2.24) is 15.1 Å². The Bertz CT molecular complexity index is 874. The first-order valence-electron chi connectivity index (χ1n) is 9.87. The van der Waals surface area contributed by atoms with Crippen LogP contribution in [0.15, 0.2) is 42.5 Å². The summed E-state index contributed by atoms with van der Waals surface area (Å²) in [6, 6.07) is 13.1. The molecule has 1 fully saturated rings. The molecular weight excluding hydrogens is 368 g/mol. The van der Waals surface area contributed by atoms with E-state index >= 15 is 0 Å². The summed E-state index contributed by atoms with van der Waals surface area (Å²) in [5, 5.41) is 14.2. The first-order valence-corrected chi connectivity index (χ1v) is 9.87. The van der Waals surface area contributed by atoms with Crippen molar-refractivity contribution in [3.63, 3.8) is 0 Å². The van der Waals surface area contributed by atoms with Crippen LogP contribution in [-0.2, 0) is 0 Å². The molecule has 0 aliphatic carbocycles. The fraction of sp³-hybridized carbons (Fsp3) is 0.409. The number of likely N-dealkylation sites (N-methyl/N-ethyl adjacent to an activating group) is 1. The van der Waals surface area contributed by atoms with Gasteiger partial charge in [0.1, 0.15) is 0 Å². The molecule has 0 saturated carbocycles. The molecule has 1 amide bonds. The Balaban J connectivity index is 1.75. The average molecular weight is 396 g/mol. The van der Waals surface area contributed by atoms with Crippen molar-refractivity contribution in [2.45, 2.75) is 19.9 Å². The van der Waals surface area contributed by atoms with Gasteiger partial charge in [-0.05, 0) is 32.5 Å². The van der Waals surface area contributed by atoms with Crippen LogP contribution >= 0.6 is 0 Å². The number of benzene rings is 2. The molecule has 1 aliphatic heterocycles. The second-order valence-electron chi connectivity index (χ2n) is 7.73. The van der Waals surface area contributed by atoms with Crippen LogP contribution < -0.4 is 5.32 Å². The van der Waals surface area contributed by atoms with Crippen LogP contribution in [0.3, 0.4) is 0 Å². The molecular formula is C22H28N4O3. The minimum Gasteiger partial charge on any atom is -0.350 e. The van der Waals surface area contributed by atoms with Crippen molar-refractivity contribution < 1.29 is 9.72 Å². The fourth-order valence-corrected chi connectivity index (χ4v) is 3.62. The second kappa shape index (κ2) is 9.15. The third kappa shape index (κ3) is 5.19. The lowest BCUT2D eigenvalue weighted by molar-refractivity contribution is -0.385. The van der Waals surface area contributed by atoms with Crippen molar-refractivity contribution in [2.75, 3.05) is 39.8 Å². The van der Waals surface area contributed by atoms with E-state index in [4.69, 9.17) is 0 Å². The lowest BCUT2D eigenvalue weighted by Gasteiger charge is -2.38. The maximum atomic E-state index is 12.7. The van der Waals surface area contributed by atoms with Gasteiger partial charge >= 0.3 is 0 Å². The van der Waals surface area contributed by atoms with E-state index in [0.29, 0.717) is 17.7 Å². The predicted octanol–water partition coefficient (Wildman–Crippen LogP) is 2.93. The third-order valence-electron chi connectivity index (χ3n) is 5.56. The highest BCUT2D eigenvalue weighted by atomic mass is 16.6. The molecule has 7 heteroatoms. The van der Waals surface area contributed by atoms with E-state index in [1.165, 1.54) is 11.6 Å². The number of amides is 1. The van der Waals surface area contributed by atoms with Crippen molar-refractivity contribution in [3.05, 3.63) is 74.8 Å². The lowest BCUT2D eigenvalue weighted by Crippen LogP contribution is -2.48. The van der Waals surface area contributed by atoms with Gasteiger partial charge in [-0.1, -0.05) is 35.9 Å². The molecule has 0 radical (unpaired) electrons. The first-order chi connectivity index (χ1) is 13.8. The van der Waals surface area contributed by atoms with E-state index in [1.807, 2.05) is 0 Å². The molecule has 2 aromatic rings. The molecule has 0 aromatic heterocycles. The average Bonchev–Trinajstić information content (AvgIpc) is 2.70. The van der Waals surface area contributed by atoms with Crippen LogP contribution in [0.5, 0.6) is 0 Å². The number of nitro groups is 1. The van der Waals surface area contributed by atoms with Crippen LogP contribution in [0.25, 0.3) is 0 Å². The zero-order chi connectivity index (χ0) is 21.0. The normalized spacial score (nSPS) is 16.4. The predicted molar refractivity (Wildman–Crippen MR) is 113 cm³/mol. The Hall–Kier alpha value is -2.77. The minimum absolute atomic E-state index is 0.0354. The summed E-state index contributed by atoms with van der Waals surface area (Å²) in [5.74, 6) is -0.292. The van der Waals surface area contributed by atoms with Crippen molar-refractivity contribution >= 4 is 11.6 Å². The van der Waals surface area contributed by atoms with E-state index in [2.05, 4.69) is 53.4 Å². The summed E-state index contributed by atoms with van der Waals surface area (Å²) in [6.07, 6.45) is 0. The zero-order valence-electron chi connectivity index (χ0n) is 17.2. The highest BCUT2D eigenvalue weighted by Gasteiger charge is 2.25. The molecule has 1 aliphatic rings. The molecule has 1 unspecified atom stereocenters. The van der Waals surface area contributed by atoms with E-state index in [9.17, 15) is 14.9 Å². The molecule has 1 atom stereocenters. The highest BCUT2D eigenvalue weighted by molar-refractivity contribution is 5.95. The molecule has 3 rings (SSSR count). The number of carbonyl (C=O) groups is 1. The second-order valence-corrected chi connectivity index (χ2v) is 7.73. The fourth-order valence-electron chi connectivity index (χ4n) is 3.62. The zero-order valence-corrected chi connectivity index (χ0v) is 17.2. The molecule has 2 aromatic carbocycles. The van der Waals surface area contributed by atoms with Gasteiger partial charge in [0.25, 0.3) is 11.6 Å². The minimum atomic E-state index is -0.453. The number of nitrogens with one attached hydrogen (secondary N) is 1.